The first-order valence-corrected chi connectivity index (χ1v) is 6.63. The zero-order valence-electron chi connectivity index (χ0n) is 9.84. The fourth-order valence-corrected chi connectivity index (χ4v) is 2.59. The summed E-state index contributed by atoms with van der Waals surface area (Å²) in [6.45, 7) is 1.92. The normalized spacial score (nSPS) is 17.7. The topological polar surface area (TPSA) is 38.4 Å². The van der Waals surface area contributed by atoms with Gasteiger partial charge in [0.15, 0.2) is 0 Å². The SMILES string of the molecule is Cc1cc(Cl)c(N=C(N)C2CCCC2)cc1Cl. The van der Waals surface area contributed by atoms with Gasteiger partial charge in [-0.2, -0.15) is 0 Å². The van der Waals surface area contributed by atoms with Crippen molar-refractivity contribution in [1.82, 2.24) is 0 Å². The molecule has 17 heavy (non-hydrogen) atoms. The van der Waals surface area contributed by atoms with Gasteiger partial charge in [0, 0.05) is 10.9 Å². The molecule has 1 aromatic carbocycles. The zero-order valence-corrected chi connectivity index (χ0v) is 11.4. The second kappa shape index (κ2) is 5.28. The number of hydrogen-bond acceptors (Lipinski definition) is 1. The molecule has 92 valence electrons. The average molecular weight is 271 g/mol. The van der Waals surface area contributed by atoms with Crippen LogP contribution < -0.4 is 5.73 Å². The first-order valence-electron chi connectivity index (χ1n) is 5.87. The summed E-state index contributed by atoms with van der Waals surface area (Å²) in [6.07, 6.45) is 4.74. The van der Waals surface area contributed by atoms with Gasteiger partial charge in [0.05, 0.1) is 10.7 Å². The lowest BCUT2D eigenvalue weighted by atomic mass is 10.1. The van der Waals surface area contributed by atoms with E-state index >= 15 is 0 Å². The highest BCUT2D eigenvalue weighted by Crippen LogP contribution is 2.32. The molecule has 0 atom stereocenters. The molecule has 0 heterocycles. The molecule has 1 saturated carbocycles. The summed E-state index contributed by atoms with van der Waals surface area (Å²) in [4.78, 5) is 4.42. The second-order valence-corrected chi connectivity index (χ2v) is 5.39. The van der Waals surface area contributed by atoms with Crippen LogP contribution in [0.1, 0.15) is 31.2 Å². The summed E-state index contributed by atoms with van der Waals surface area (Å²) >= 11 is 12.2. The van der Waals surface area contributed by atoms with Crippen molar-refractivity contribution in [3.05, 3.63) is 27.7 Å². The first-order chi connectivity index (χ1) is 8.08. The van der Waals surface area contributed by atoms with Gasteiger partial charge in [-0.1, -0.05) is 36.0 Å². The van der Waals surface area contributed by atoms with Crippen molar-refractivity contribution in [3.63, 3.8) is 0 Å². The Balaban J connectivity index is 2.28. The zero-order chi connectivity index (χ0) is 12.4. The molecule has 0 spiro atoms. The molecule has 0 aliphatic heterocycles. The molecule has 0 saturated heterocycles. The number of rotatable bonds is 2. The third-order valence-corrected chi connectivity index (χ3v) is 3.96. The Morgan fingerprint density at radius 1 is 1.24 bits per heavy atom. The van der Waals surface area contributed by atoms with E-state index in [-0.39, 0.29) is 0 Å². The Morgan fingerprint density at radius 3 is 2.53 bits per heavy atom. The molecule has 1 aromatic rings. The number of nitrogens with two attached hydrogens (primary N) is 1. The fraction of sp³-hybridized carbons (Fsp3) is 0.462. The molecule has 0 aromatic heterocycles. The largest absolute Gasteiger partial charge is 0.387 e. The van der Waals surface area contributed by atoms with E-state index in [2.05, 4.69) is 4.99 Å². The molecular formula is C13H16Cl2N2. The van der Waals surface area contributed by atoms with Gasteiger partial charge in [-0.15, -0.1) is 0 Å². The van der Waals surface area contributed by atoms with E-state index in [1.165, 1.54) is 12.8 Å². The summed E-state index contributed by atoms with van der Waals surface area (Å²) in [5.41, 5.74) is 7.64. The molecule has 1 aliphatic rings. The van der Waals surface area contributed by atoms with Gasteiger partial charge in [-0.25, -0.2) is 4.99 Å². The van der Waals surface area contributed by atoms with Crippen molar-refractivity contribution in [2.45, 2.75) is 32.6 Å². The van der Waals surface area contributed by atoms with Crippen LogP contribution in [-0.4, -0.2) is 5.84 Å². The van der Waals surface area contributed by atoms with Crippen LogP contribution in [0.4, 0.5) is 5.69 Å². The maximum Gasteiger partial charge on any atom is 0.103 e. The van der Waals surface area contributed by atoms with Crippen molar-refractivity contribution in [1.29, 1.82) is 0 Å². The minimum absolute atomic E-state index is 0.408. The summed E-state index contributed by atoms with van der Waals surface area (Å²) < 4.78 is 0. The van der Waals surface area contributed by atoms with Crippen LogP contribution >= 0.6 is 23.2 Å². The summed E-state index contributed by atoms with van der Waals surface area (Å²) in [6, 6.07) is 3.60. The minimum atomic E-state index is 0.408. The van der Waals surface area contributed by atoms with E-state index in [9.17, 15) is 0 Å². The van der Waals surface area contributed by atoms with Crippen molar-refractivity contribution in [3.8, 4) is 0 Å². The average Bonchev–Trinajstić information content (AvgIpc) is 2.79. The lowest BCUT2D eigenvalue weighted by Crippen LogP contribution is -2.20. The Labute approximate surface area is 112 Å². The smallest absolute Gasteiger partial charge is 0.103 e. The number of benzene rings is 1. The van der Waals surface area contributed by atoms with Crippen molar-refractivity contribution < 1.29 is 0 Å². The molecule has 2 nitrogen and oxygen atoms in total. The Bertz CT molecular complexity index is 449. The van der Waals surface area contributed by atoms with Crippen LogP contribution in [0.2, 0.25) is 10.0 Å². The predicted molar refractivity (Wildman–Crippen MR) is 74.4 cm³/mol. The molecule has 2 N–H and O–H groups in total. The molecular weight excluding hydrogens is 255 g/mol. The van der Waals surface area contributed by atoms with E-state index in [0.717, 1.165) is 18.4 Å². The number of aliphatic imine (C=N–C) groups is 1. The van der Waals surface area contributed by atoms with E-state index in [0.29, 0.717) is 27.5 Å². The number of halogens is 2. The summed E-state index contributed by atoms with van der Waals surface area (Å²) in [5.74, 6) is 1.09. The predicted octanol–water partition coefficient (Wildman–Crippen LogP) is 4.48. The number of aryl methyl sites for hydroxylation is 1. The number of amidine groups is 1. The molecule has 1 fully saturated rings. The van der Waals surface area contributed by atoms with E-state index in [1.807, 2.05) is 13.0 Å². The first kappa shape index (κ1) is 12.7. The Morgan fingerprint density at radius 2 is 1.88 bits per heavy atom. The van der Waals surface area contributed by atoms with Crippen molar-refractivity contribution in [2.24, 2.45) is 16.6 Å². The van der Waals surface area contributed by atoms with Crippen LogP contribution in [0.15, 0.2) is 17.1 Å². The van der Waals surface area contributed by atoms with Gasteiger partial charge in [0.25, 0.3) is 0 Å². The van der Waals surface area contributed by atoms with Crippen LogP contribution in [0, 0.1) is 12.8 Å². The monoisotopic (exact) mass is 270 g/mol. The maximum atomic E-state index is 6.13. The van der Waals surface area contributed by atoms with Gasteiger partial charge >= 0.3 is 0 Å². The molecule has 0 bridgehead atoms. The lowest BCUT2D eigenvalue weighted by Gasteiger charge is -2.09. The maximum absolute atomic E-state index is 6.13. The van der Waals surface area contributed by atoms with Gasteiger partial charge in [0.2, 0.25) is 0 Å². The van der Waals surface area contributed by atoms with Crippen LogP contribution in [0.25, 0.3) is 0 Å². The van der Waals surface area contributed by atoms with Crippen molar-refractivity contribution in [2.75, 3.05) is 0 Å². The Hall–Kier alpha value is -0.730. The van der Waals surface area contributed by atoms with E-state index in [1.54, 1.807) is 6.07 Å². The number of hydrogen-bond donors (Lipinski definition) is 1. The highest BCUT2D eigenvalue weighted by molar-refractivity contribution is 6.35. The van der Waals surface area contributed by atoms with E-state index in [4.69, 9.17) is 28.9 Å². The number of nitrogens with zero attached hydrogens (tertiary/aromatic N) is 1. The highest BCUT2D eigenvalue weighted by Gasteiger charge is 2.19. The highest BCUT2D eigenvalue weighted by atomic mass is 35.5. The molecule has 2 rings (SSSR count). The van der Waals surface area contributed by atoms with Gasteiger partial charge in [0.1, 0.15) is 5.84 Å². The quantitative estimate of drug-likeness (QED) is 0.625. The fourth-order valence-electron chi connectivity index (χ4n) is 2.17. The molecule has 0 amide bonds. The van der Waals surface area contributed by atoms with Gasteiger partial charge in [-0.05, 0) is 37.5 Å². The molecule has 0 radical (unpaired) electrons. The van der Waals surface area contributed by atoms with Crippen molar-refractivity contribution >= 4 is 34.7 Å². The van der Waals surface area contributed by atoms with E-state index < -0.39 is 0 Å². The van der Waals surface area contributed by atoms with Gasteiger partial charge in [-0.3, -0.25) is 0 Å². The second-order valence-electron chi connectivity index (χ2n) is 4.57. The third kappa shape index (κ3) is 2.93. The van der Waals surface area contributed by atoms with Crippen LogP contribution in [0.3, 0.4) is 0 Å². The van der Waals surface area contributed by atoms with Crippen LogP contribution in [0.5, 0.6) is 0 Å². The summed E-state index contributed by atoms with van der Waals surface area (Å²) in [5, 5.41) is 1.28. The Kier molecular flexibility index (Phi) is 3.95. The molecule has 4 heteroatoms. The molecule has 1 aliphatic carbocycles. The summed E-state index contributed by atoms with van der Waals surface area (Å²) in [7, 11) is 0. The van der Waals surface area contributed by atoms with Gasteiger partial charge < -0.3 is 5.73 Å². The third-order valence-electron chi connectivity index (χ3n) is 3.25. The minimum Gasteiger partial charge on any atom is -0.387 e. The molecule has 0 unspecified atom stereocenters. The van der Waals surface area contributed by atoms with Crippen LogP contribution in [-0.2, 0) is 0 Å². The standard InChI is InChI=1S/C13H16Cl2N2/c1-8-6-11(15)12(7-10(8)14)17-13(16)9-4-2-3-5-9/h6-7,9H,2-5H2,1H3,(H2,16,17). The lowest BCUT2D eigenvalue weighted by molar-refractivity contribution is 0.722.